The van der Waals surface area contributed by atoms with E-state index in [0.29, 0.717) is 9.80 Å². The molecule has 0 aliphatic rings. The van der Waals surface area contributed by atoms with Gasteiger partial charge in [0.05, 0.1) is 28.2 Å². The lowest BCUT2D eigenvalue weighted by atomic mass is 10.4. The summed E-state index contributed by atoms with van der Waals surface area (Å²) < 4.78 is 36.5. The van der Waals surface area contributed by atoms with Crippen LogP contribution in [0.5, 0.6) is 0 Å². The van der Waals surface area contributed by atoms with Crippen LogP contribution in [0, 0.1) is 0 Å². The van der Waals surface area contributed by atoms with Gasteiger partial charge in [-0.05, 0) is 0 Å². The number of quaternary nitrogens is 2. The van der Waals surface area contributed by atoms with Crippen LogP contribution in [0.4, 0.5) is 13.2 Å². The third-order valence-corrected chi connectivity index (χ3v) is 1.48. The van der Waals surface area contributed by atoms with Crippen molar-refractivity contribution >= 4 is 0 Å². The molecule has 0 aliphatic carbocycles. The van der Waals surface area contributed by atoms with Gasteiger partial charge in [-0.1, -0.05) is 0 Å². The summed E-state index contributed by atoms with van der Waals surface area (Å²) in [4.78, 5) is 0.801. The van der Waals surface area contributed by atoms with E-state index in [9.17, 15) is 13.2 Å². The van der Waals surface area contributed by atoms with Crippen molar-refractivity contribution in [3.8, 4) is 0 Å². The summed E-state index contributed by atoms with van der Waals surface area (Å²) in [5, 5.41) is 0. The largest absolute Gasteiger partial charge is 0.499 e. The van der Waals surface area contributed by atoms with E-state index in [-0.39, 0.29) is 0 Å². The Kier molecular flexibility index (Phi) is 3.31. The fourth-order valence-electron chi connectivity index (χ4n) is 1.23. The molecule has 0 saturated carbocycles. The van der Waals surface area contributed by atoms with Crippen LogP contribution in [0.1, 0.15) is 0 Å². The molecule has 11 heavy (non-hydrogen) atoms. The highest BCUT2D eigenvalue weighted by molar-refractivity contribution is 4.49. The molecule has 2 nitrogen and oxygen atoms in total. The summed E-state index contributed by atoms with van der Waals surface area (Å²) in [6.45, 7) is 0. The molecule has 0 aliphatic heterocycles. The number of halogens is 3. The van der Waals surface area contributed by atoms with E-state index in [1.54, 1.807) is 0 Å². The Bertz CT molecular complexity index is 111. The van der Waals surface area contributed by atoms with Crippen LogP contribution in [0.3, 0.4) is 0 Å². The molecular weight excluding hydrogens is 157 g/mol. The lowest BCUT2D eigenvalue weighted by molar-refractivity contribution is -1.10. The first-order valence-corrected chi connectivity index (χ1v) is 3.43. The van der Waals surface area contributed by atoms with Crippen molar-refractivity contribution in [2.24, 2.45) is 0 Å². The molecule has 5 heteroatoms. The molecule has 0 saturated heterocycles. The zero-order chi connectivity index (χ0) is 9.23. The fourth-order valence-corrected chi connectivity index (χ4v) is 1.23. The second-order valence-corrected chi connectivity index (χ2v) is 3.13. The Hall–Kier alpha value is -0.290. The van der Waals surface area contributed by atoms with E-state index in [2.05, 4.69) is 0 Å². The minimum Gasteiger partial charge on any atom is -0.283 e. The van der Waals surface area contributed by atoms with E-state index in [0.717, 1.165) is 0 Å². The summed E-state index contributed by atoms with van der Waals surface area (Å²) in [7, 11) is 6.02. The van der Waals surface area contributed by atoms with Crippen LogP contribution in [-0.4, -0.2) is 40.5 Å². The predicted octanol–water partition coefficient (Wildman–Crippen LogP) is -1.84. The maximum Gasteiger partial charge on any atom is 0.499 e. The molecule has 0 amide bonds. The van der Waals surface area contributed by atoms with Crippen LogP contribution >= 0.6 is 0 Å². The molecule has 0 radical (unpaired) electrons. The van der Waals surface area contributed by atoms with Gasteiger partial charge in [0.1, 0.15) is 0 Å². The Morgan fingerprint density at radius 2 is 1.18 bits per heavy atom. The molecule has 0 unspecified atom stereocenters. The van der Waals surface area contributed by atoms with Crippen molar-refractivity contribution in [3.05, 3.63) is 0 Å². The van der Waals surface area contributed by atoms with Gasteiger partial charge in [-0.25, -0.2) is 0 Å². The number of alkyl halides is 3. The smallest absolute Gasteiger partial charge is 0.283 e. The monoisotopic (exact) mass is 172 g/mol. The van der Waals surface area contributed by atoms with E-state index in [1.165, 1.54) is 28.2 Å². The second-order valence-electron chi connectivity index (χ2n) is 3.13. The van der Waals surface area contributed by atoms with Crippen molar-refractivity contribution in [1.82, 2.24) is 0 Å². The van der Waals surface area contributed by atoms with Crippen LogP contribution in [0.15, 0.2) is 0 Å². The Balaban J connectivity index is 4.35. The summed E-state index contributed by atoms with van der Waals surface area (Å²) >= 11 is 0. The maximum absolute atomic E-state index is 12.2. The highest BCUT2D eigenvalue weighted by Crippen LogP contribution is 2.13. The molecule has 0 atom stereocenters. The summed E-state index contributed by atoms with van der Waals surface area (Å²) in [6, 6.07) is 0. The topological polar surface area (TPSA) is 8.88 Å². The van der Waals surface area contributed by atoms with Crippen molar-refractivity contribution < 1.29 is 23.0 Å². The first-order valence-electron chi connectivity index (χ1n) is 3.43. The number of rotatable bonds is 2. The molecule has 2 N–H and O–H groups in total. The van der Waals surface area contributed by atoms with Gasteiger partial charge in [-0.2, -0.15) is 13.2 Å². The van der Waals surface area contributed by atoms with Gasteiger partial charge in [-0.15, -0.1) is 0 Å². The maximum atomic E-state index is 12.2. The van der Waals surface area contributed by atoms with Crippen LogP contribution in [0.2, 0.25) is 0 Å². The van der Waals surface area contributed by atoms with E-state index < -0.39 is 12.3 Å². The highest BCUT2D eigenvalue weighted by atomic mass is 19.4. The molecule has 0 aromatic rings. The van der Waals surface area contributed by atoms with Gasteiger partial charge >= 0.3 is 12.3 Å². The van der Waals surface area contributed by atoms with E-state index in [4.69, 9.17) is 0 Å². The SMILES string of the molecule is C[NH+](C)C([NH+](C)C)C(F)(F)F. The van der Waals surface area contributed by atoms with Gasteiger partial charge < -0.3 is 0 Å². The zero-order valence-corrected chi connectivity index (χ0v) is 7.21. The minimum atomic E-state index is -4.11. The standard InChI is InChI=1S/C6H13F3N2/c1-10(2)5(11(3)4)6(7,8)9/h5H,1-4H3/p+2. The second kappa shape index (κ2) is 3.40. The van der Waals surface area contributed by atoms with E-state index >= 15 is 0 Å². The van der Waals surface area contributed by atoms with Gasteiger partial charge in [-0.3, -0.25) is 9.80 Å². The third kappa shape index (κ3) is 3.07. The zero-order valence-electron chi connectivity index (χ0n) is 7.21. The summed E-state index contributed by atoms with van der Waals surface area (Å²) in [6.07, 6.45) is -5.44. The fraction of sp³-hybridized carbons (Fsp3) is 1.00. The Labute approximate surface area is 64.6 Å². The van der Waals surface area contributed by atoms with Gasteiger partial charge in [0, 0.05) is 0 Å². The van der Waals surface area contributed by atoms with Crippen molar-refractivity contribution in [2.75, 3.05) is 28.2 Å². The first kappa shape index (κ1) is 10.7. The van der Waals surface area contributed by atoms with Crippen LogP contribution in [0.25, 0.3) is 0 Å². The molecule has 0 bridgehead atoms. The Morgan fingerprint density at radius 3 is 1.18 bits per heavy atom. The first-order chi connectivity index (χ1) is 4.76. The summed E-state index contributed by atoms with van der Waals surface area (Å²) in [5.41, 5.74) is 0. The molecule has 0 spiro atoms. The molecule has 0 heterocycles. The molecule has 0 aromatic carbocycles. The molecule has 0 fully saturated rings. The molecule has 68 valence electrons. The van der Waals surface area contributed by atoms with Gasteiger partial charge in [0.2, 0.25) is 0 Å². The normalized spacial score (nSPS) is 13.6. The number of hydrogen-bond acceptors (Lipinski definition) is 0. The van der Waals surface area contributed by atoms with Crippen molar-refractivity contribution in [1.29, 1.82) is 0 Å². The average Bonchev–Trinajstić information content (AvgIpc) is 1.54. The molecule has 0 aromatic heterocycles. The quantitative estimate of drug-likeness (QED) is 0.453. The molecule has 0 rings (SSSR count). The predicted molar refractivity (Wildman–Crippen MR) is 35.5 cm³/mol. The number of nitrogens with one attached hydrogen (secondary N) is 2. The van der Waals surface area contributed by atoms with Crippen LogP contribution < -0.4 is 9.80 Å². The third-order valence-electron chi connectivity index (χ3n) is 1.48. The average molecular weight is 172 g/mol. The Morgan fingerprint density at radius 1 is 0.909 bits per heavy atom. The lowest BCUT2D eigenvalue weighted by Crippen LogP contribution is -3.33. The minimum absolute atomic E-state index is 0.400. The lowest BCUT2D eigenvalue weighted by Gasteiger charge is -2.25. The summed E-state index contributed by atoms with van der Waals surface area (Å²) in [5.74, 6) is 0. The number of hydrogen-bond donors (Lipinski definition) is 2. The molecular formula is C6H15F3N2+2. The van der Waals surface area contributed by atoms with Crippen molar-refractivity contribution in [3.63, 3.8) is 0 Å². The van der Waals surface area contributed by atoms with Crippen molar-refractivity contribution in [2.45, 2.75) is 12.3 Å². The van der Waals surface area contributed by atoms with E-state index in [1.807, 2.05) is 0 Å². The van der Waals surface area contributed by atoms with Crippen LogP contribution in [-0.2, 0) is 0 Å². The highest BCUT2D eigenvalue weighted by Gasteiger charge is 2.50. The van der Waals surface area contributed by atoms with Gasteiger partial charge in [0.15, 0.2) is 0 Å². The van der Waals surface area contributed by atoms with Gasteiger partial charge in [0.25, 0.3) is 0 Å².